The first kappa shape index (κ1) is 12.7. The largest absolute Gasteiger partial charge is 0.378 e. The fourth-order valence-corrected chi connectivity index (χ4v) is 2.45. The van der Waals surface area contributed by atoms with Gasteiger partial charge in [0.15, 0.2) is 0 Å². The van der Waals surface area contributed by atoms with Crippen molar-refractivity contribution in [2.24, 2.45) is 11.3 Å². The average Bonchev–Trinajstić information content (AvgIpc) is 2.63. The number of carbonyl (C=O) groups is 1. The minimum Gasteiger partial charge on any atom is -0.378 e. The van der Waals surface area contributed by atoms with Gasteiger partial charge in [-0.25, -0.2) is 0 Å². The summed E-state index contributed by atoms with van der Waals surface area (Å²) in [6.45, 7) is 8.68. The van der Waals surface area contributed by atoms with Crippen molar-refractivity contribution in [1.29, 1.82) is 0 Å². The summed E-state index contributed by atoms with van der Waals surface area (Å²) >= 11 is 0. The van der Waals surface area contributed by atoms with Gasteiger partial charge in [0.05, 0.1) is 18.1 Å². The zero-order chi connectivity index (χ0) is 11.5. The molecule has 1 aliphatic rings. The molecule has 0 bridgehead atoms. The van der Waals surface area contributed by atoms with Gasteiger partial charge < -0.3 is 4.74 Å². The Morgan fingerprint density at radius 2 is 1.73 bits per heavy atom. The van der Waals surface area contributed by atoms with Gasteiger partial charge in [0.2, 0.25) is 0 Å². The maximum atomic E-state index is 12.2. The van der Waals surface area contributed by atoms with Crippen LogP contribution in [-0.2, 0) is 9.53 Å². The Kier molecular flexibility index (Phi) is 4.32. The maximum absolute atomic E-state index is 12.2. The number of ether oxygens (including phenoxy) is 1. The topological polar surface area (TPSA) is 26.3 Å². The molecule has 0 saturated heterocycles. The third-order valence-corrected chi connectivity index (χ3v) is 3.30. The minimum atomic E-state index is -0.154. The normalized spacial score (nSPS) is 20.1. The minimum absolute atomic E-state index is 0.138. The van der Waals surface area contributed by atoms with E-state index in [0.29, 0.717) is 12.4 Å². The van der Waals surface area contributed by atoms with E-state index in [9.17, 15) is 4.79 Å². The lowest BCUT2D eigenvalue weighted by Crippen LogP contribution is -2.37. The van der Waals surface area contributed by atoms with Gasteiger partial charge in [-0.1, -0.05) is 26.7 Å². The smallest absolute Gasteiger partial charge is 0.143 e. The molecule has 0 radical (unpaired) electrons. The third kappa shape index (κ3) is 3.04. The van der Waals surface area contributed by atoms with Crippen molar-refractivity contribution < 1.29 is 9.53 Å². The van der Waals surface area contributed by atoms with E-state index in [1.165, 1.54) is 12.8 Å². The van der Waals surface area contributed by atoms with Crippen LogP contribution in [0.2, 0.25) is 0 Å². The molecular formula is C13H24O2. The van der Waals surface area contributed by atoms with Gasteiger partial charge in [-0.2, -0.15) is 0 Å². The van der Waals surface area contributed by atoms with Crippen LogP contribution in [0.4, 0.5) is 0 Å². The molecular weight excluding hydrogens is 188 g/mol. The molecule has 0 aromatic heterocycles. The molecule has 0 spiro atoms. The van der Waals surface area contributed by atoms with Gasteiger partial charge in [0, 0.05) is 5.92 Å². The molecule has 1 fully saturated rings. The maximum Gasteiger partial charge on any atom is 0.143 e. The van der Waals surface area contributed by atoms with E-state index in [4.69, 9.17) is 4.74 Å². The van der Waals surface area contributed by atoms with Gasteiger partial charge in [0.1, 0.15) is 5.78 Å². The van der Waals surface area contributed by atoms with Crippen molar-refractivity contribution in [3.05, 3.63) is 0 Å². The second-order valence-corrected chi connectivity index (χ2v) is 5.37. The van der Waals surface area contributed by atoms with Crippen LogP contribution in [0, 0.1) is 11.3 Å². The fourth-order valence-electron chi connectivity index (χ4n) is 2.45. The van der Waals surface area contributed by atoms with Gasteiger partial charge in [-0.05, 0) is 26.7 Å². The average molecular weight is 212 g/mol. The van der Waals surface area contributed by atoms with E-state index in [0.717, 1.165) is 12.8 Å². The van der Waals surface area contributed by atoms with Crippen molar-refractivity contribution >= 4 is 5.78 Å². The molecule has 0 atom stereocenters. The summed E-state index contributed by atoms with van der Waals surface area (Å²) in [6, 6.07) is 0. The lowest BCUT2D eigenvalue weighted by atomic mass is 9.78. The highest BCUT2D eigenvalue weighted by molar-refractivity contribution is 5.86. The Bertz CT molecular complexity index is 213. The summed E-state index contributed by atoms with van der Waals surface area (Å²) in [7, 11) is 0. The van der Waals surface area contributed by atoms with Crippen LogP contribution >= 0.6 is 0 Å². The molecule has 0 aliphatic heterocycles. The quantitative estimate of drug-likeness (QED) is 0.699. The van der Waals surface area contributed by atoms with Crippen LogP contribution in [0.15, 0.2) is 0 Å². The molecule has 88 valence electrons. The summed E-state index contributed by atoms with van der Waals surface area (Å²) in [5.74, 6) is 0.541. The van der Waals surface area contributed by atoms with Gasteiger partial charge >= 0.3 is 0 Å². The first-order valence-electron chi connectivity index (χ1n) is 6.14. The Labute approximate surface area is 93.4 Å². The SMILES string of the molecule is CC(C)OCC1(C(=O)C(C)C)CCCC1. The second kappa shape index (κ2) is 5.11. The van der Waals surface area contributed by atoms with Crippen LogP contribution in [-0.4, -0.2) is 18.5 Å². The molecule has 0 aromatic rings. The standard InChI is InChI=1S/C13H24O2/c1-10(2)12(14)13(7-5-6-8-13)9-15-11(3)4/h10-11H,5-9H2,1-4H3. The fraction of sp³-hybridized carbons (Fsp3) is 0.923. The van der Waals surface area contributed by atoms with Gasteiger partial charge in [0.25, 0.3) is 0 Å². The summed E-state index contributed by atoms with van der Waals surface area (Å²) in [5.41, 5.74) is -0.154. The number of hydrogen-bond donors (Lipinski definition) is 0. The van der Waals surface area contributed by atoms with Crippen LogP contribution in [0.5, 0.6) is 0 Å². The van der Waals surface area contributed by atoms with Crippen molar-refractivity contribution in [2.75, 3.05) is 6.61 Å². The third-order valence-electron chi connectivity index (χ3n) is 3.30. The molecule has 15 heavy (non-hydrogen) atoms. The molecule has 1 aliphatic carbocycles. The van der Waals surface area contributed by atoms with Crippen molar-refractivity contribution in [3.8, 4) is 0 Å². The van der Waals surface area contributed by atoms with E-state index in [2.05, 4.69) is 0 Å². The van der Waals surface area contributed by atoms with Crippen molar-refractivity contribution in [2.45, 2.75) is 59.5 Å². The number of Topliss-reactive ketones (excluding diaryl/α,β-unsaturated/α-hetero) is 1. The summed E-state index contributed by atoms with van der Waals surface area (Å²) < 4.78 is 5.68. The molecule has 0 unspecified atom stereocenters. The van der Waals surface area contributed by atoms with E-state index in [1.54, 1.807) is 0 Å². The molecule has 2 nitrogen and oxygen atoms in total. The van der Waals surface area contributed by atoms with Crippen LogP contribution in [0.25, 0.3) is 0 Å². The summed E-state index contributed by atoms with van der Waals surface area (Å²) in [6.07, 6.45) is 4.63. The van der Waals surface area contributed by atoms with Crippen molar-refractivity contribution in [3.63, 3.8) is 0 Å². The van der Waals surface area contributed by atoms with Gasteiger partial charge in [-0.15, -0.1) is 0 Å². The Hall–Kier alpha value is -0.370. The van der Waals surface area contributed by atoms with Crippen molar-refractivity contribution in [1.82, 2.24) is 0 Å². The van der Waals surface area contributed by atoms with Crippen LogP contribution in [0.3, 0.4) is 0 Å². The molecule has 0 N–H and O–H groups in total. The zero-order valence-electron chi connectivity index (χ0n) is 10.5. The lowest BCUT2D eigenvalue weighted by Gasteiger charge is -2.29. The zero-order valence-corrected chi connectivity index (χ0v) is 10.5. The first-order chi connectivity index (χ1) is 6.98. The predicted octanol–water partition coefficient (Wildman–Crippen LogP) is 3.20. The number of ketones is 1. The molecule has 1 saturated carbocycles. The predicted molar refractivity (Wildman–Crippen MR) is 61.8 cm³/mol. The number of carbonyl (C=O) groups excluding carboxylic acids is 1. The van der Waals surface area contributed by atoms with E-state index in [-0.39, 0.29) is 17.4 Å². The van der Waals surface area contributed by atoms with Gasteiger partial charge in [-0.3, -0.25) is 4.79 Å². The Morgan fingerprint density at radius 1 is 1.20 bits per heavy atom. The van der Waals surface area contributed by atoms with Crippen LogP contribution in [0.1, 0.15) is 53.4 Å². The highest BCUT2D eigenvalue weighted by atomic mass is 16.5. The highest BCUT2D eigenvalue weighted by Gasteiger charge is 2.42. The molecule has 2 heteroatoms. The molecule has 1 rings (SSSR count). The highest BCUT2D eigenvalue weighted by Crippen LogP contribution is 2.41. The second-order valence-electron chi connectivity index (χ2n) is 5.37. The van der Waals surface area contributed by atoms with Crippen LogP contribution < -0.4 is 0 Å². The van der Waals surface area contributed by atoms with E-state index in [1.807, 2.05) is 27.7 Å². The number of rotatable bonds is 5. The van der Waals surface area contributed by atoms with E-state index < -0.39 is 0 Å². The summed E-state index contributed by atoms with van der Waals surface area (Å²) in [5, 5.41) is 0. The first-order valence-corrected chi connectivity index (χ1v) is 6.14. The number of hydrogen-bond acceptors (Lipinski definition) is 2. The lowest BCUT2D eigenvalue weighted by molar-refractivity contribution is -0.136. The Morgan fingerprint density at radius 3 is 2.13 bits per heavy atom. The molecule has 0 aromatic carbocycles. The molecule has 0 heterocycles. The van der Waals surface area contributed by atoms with E-state index >= 15 is 0 Å². The summed E-state index contributed by atoms with van der Waals surface area (Å²) in [4.78, 5) is 12.2. The molecule has 0 amide bonds. The monoisotopic (exact) mass is 212 g/mol. The Balaban J connectivity index is 2.66.